The molecule has 1 aromatic heterocycles. The molecule has 0 radical (unpaired) electrons. The molecule has 14 bridgehead atoms. The maximum atomic E-state index is 16.4. The van der Waals surface area contributed by atoms with E-state index in [1.807, 2.05) is 50.0 Å². The van der Waals surface area contributed by atoms with Crippen LogP contribution in [0.1, 0.15) is 131 Å². The van der Waals surface area contributed by atoms with Gasteiger partial charge in [-0.15, -0.1) is 0 Å². The highest BCUT2D eigenvalue weighted by Gasteiger charge is 2.50. The Hall–Kier alpha value is -10.9. The van der Waals surface area contributed by atoms with Crippen LogP contribution < -0.4 is 52.6 Å². The number of aliphatic hydroxyl groups is 1. The molecule has 7 aliphatic rings. The van der Waals surface area contributed by atoms with Crippen molar-refractivity contribution in [1.82, 2.24) is 72.0 Å². The van der Waals surface area contributed by atoms with Crippen LogP contribution in [0.5, 0.6) is 5.75 Å². The Kier molecular flexibility index (Phi) is 31.9. The summed E-state index contributed by atoms with van der Waals surface area (Å²) in [5.74, 6) is -10.5. The summed E-state index contributed by atoms with van der Waals surface area (Å²) in [6.07, 6.45) is -1.78. The van der Waals surface area contributed by atoms with Gasteiger partial charge in [0.1, 0.15) is 66.5 Å². The minimum Gasteiger partial charge on any atom is -0.497 e. The van der Waals surface area contributed by atoms with Gasteiger partial charge in [-0.3, -0.25) is 62.3 Å². The number of aromatic nitrogens is 1. The fourth-order valence-electron chi connectivity index (χ4n) is 16.3. The summed E-state index contributed by atoms with van der Waals surface area (Å²) in [4.78, 5) is 202. The molecule has 7 aliphatic heterocycles. The van der Waals surface area contributed by atoms with Crippen molar-refractivity contribution in [3.05, 3.63) is 136 Å². The van der Waals surface area contributed by atoms with E-state index < -0.39 is 169 Å². The van der Waals surface area contributed by atoms with Gasteiger partial charge in [-0.05, 0) is 129 Å². The lowest BCUT2D eigenvalue weighted by Crippen LogP contribution is -2.64. The molecule has 0 saturated carbocycles. The van der Waals surface area contributed by atoms with E-state index in [0.717, 1.165) is 27.5 Å². The monoisotopic (exact) mass is 1680 g/mol. The molecule has 3 saturated heterocycles. The standard InChI is InChI=1S/C87H116FN15O18/c1-55(104)76-81(112)94-66(46-57-22-25-63(118-6)26-23-57)85(116)102-38-14-33-87(102,2)86(117)89-34-30-56-18-20-58(21-19-56)52-99-36-11-8-7-10-35-98-53-61(64-49-62(88)24-27-69(64)98)48-67-84(115)101-39-31-70(77(101)82(113)97-76)121-54-73(107)90-50-60-16-13-15-59(45-60)47-65(79(110)93-67)92-80(111)68-51-91-71(105)17-9-12-37-100(78(83(114)95-68)96-72(106)28-29-74(99)108)75(109)32-41-119-43-44-120-42-40-103(3,4)5/h13,15-16,18-27,45,49,53,55,65-68,70,76-78,104H,7-12,14,17,28-44,46-48,50-52,54H2,1-6H3,(H8-,89,90,91,92,93,94,95,96,97,105,106,107,110,111,112,113,114,117)/p+1/t55-,65+,66+,67+,68-,70+,76+,77+,78+,87+/m1/s1. The summed E-state index contributed by atoms with van der Waals surface area (Å²) in [6.45, 7) is 3.41. The van der Waals surface area contributed by atoms with Crippen LogP contribution in [0.4, 0.5) is 4.39 Å². The number of rotatable bonds is 13. The molecule has 33 nitrogen and oxygen atoms in total. The summed E-state index contributed by atoms with van der Waals surface area (Å²) >= 11 is 0. The van der Waals surface area contributed by atoms with Crippen LogP contribution in [0.2, 0.25) is 0 Å². The zero-order valence-electron chi connectivity index (χ0n) is 70.0. The van der Waals surface area contributed by atoms with Gasteiger partial charge in [-0.2, -0.15) is 0 Å². The normalized spacial score (nSPS) is 24.9. The third-order valence-electron chi connectivity index (χ3n) is 23.2. The number of fused-ring (bicyclic) bond motifs is 19. The quantitative estimate of drug-likeness (QED) is 0.0588. The van der Waals surface area contributed by atoms with E-state index in [-0.39, 0.29) is 123 Å². The summed E-state index contributed by atoms with van der Waals surface area (Å²) in [7, 11) is 7.58. The number of benzene rings is 4. The molecule has 3 fully saturated rings. The van der Waals surface area contributed by atoms with Crippen molar-refractivity contribution in [2.45, 2.75) is 203 Å². The van der Waals surface area contributed by atoms with Gasteiger partial charge in [0, 0.05) is 115 Å². The molecule has 0 unspecified atom stereocenters. The molecular formula is C87H117FN15O18+. The SMILES string of the molecule is COc1ccc(C[C@@H]2NC(=O)[C@H]([C@@H](C)O)NC(=O)[C@@H]3[C@@H]4CCN3C(=O)[C@@H]3Cc5cn(c6ccc(F)cc56)CCCCCCN(Cc5ccc(cc5)CCNC(=O)[C@]5(C)CCCN5C2=O)C(=O)CCC(=O)N[C@@H]2C(=O)N[C@H](CNC(=O)CCCCN2C(=O)CCOCCOCC[N+](C)(C)C)C(=O)N[C@@H](Cc2cccc(c2)CNC(=O)CO4)C(=O)N3)cc1. The second-order valence-corrected chi connectivity index (χ2v) is 33.4. The first-order chi connectivity index (χ1) is 58.0. The summed E-state index contributed by atoms with van der Waals surface area (Å²) in [6, 6.07) is 14.7. The van der Waals surface area contributed by atoms with Crippen molar-refractivity contribution in [2.24, 2.45) is 0 Å². The Bertz CT molecular complexity index is 4540. The summed E-state index contributed by atoms with van der Waals surface area (Å²) in [5, 5.41) is 37.1. The molecule has 654 valence electrons. The average molecular weight is 1680 g/mol. The Morgan fingerprint density at radius 3 is 2.09 bits per heavy atom. The molecule has 34 heteroatoms. The lowest BCUT2D eigenvalue weighted by molar-refractivity contribution is -0.870. The molecule has 0 aliphatic carbocycles. The molecular weight excluding hydrogens is 1560 g/mol. The van der Waals surface area contributed by atoms with Crippen LogP contribution in [-0.2, 0) is 122 Å². The molecule has 10 N–H and O–H groups in total. The number of halogens is 1. The van der Waals surface area contributed by atoms with Crippen LogP contribution in [0.3, 0.4) is 0 Å². The van der Waals surface area contributed by atoms with Crippen molar-refractivity contribution in [3.63, 3.8) is 0 Å². The summed E-state index contributed by atoms with van der Waals surface area (Å²) < 4.78 is 41.8. The fraction of sp³-hybridized carbons (Fsp3) is 0.552. The Labute approximate surface area is 703 Å². The van der Waals surface area contributed by atoms with Gasteiger partial charge in [0.05, 0.1) is 73.3 Å². The smallest absolute Gasteiger partial charge is 0.264 e. The fourth-order valence-corrected chi connectivity index (χ4v) is 16.3. The predicted molar refractivity (Wildman–Crippen MR) is 441 cm³/mol. The van der Waals surface area contributed by atoms with Gasteiger partial charge in [0.25, 0.3) is 5.91 Å². The number of likely N-dealkylation sites (N-methyl/N-ethyl adjacent to an activating group) is 1. The number of quaternary nitrogens is 1. The molecule has 5 aromatic rings. The van der Waals surface area contributed by atoms with Crippen molar-refractivity contribution < 1.29 is 95.3 Å². The van der Waals surface area contributed by atoms with Crippen LogP contribution >= 0.6 is 0 Å². The number of hydrogen-bond donors (Lipinski definition) is 10. The number of amides is 13. The minimum atomic E-state index is -1.88. The highest BCUT2D eigenvalue weighted by molar-refractivity contribution is 6.01. The van der Waals surface area contributed by atoms with Crippen LogP contribution in [-0.4, -0.2) is 278 Å². The zero-order valence-corrected chi connectivity index (χ0v) is 70.0. The first-order valence-electron chi connectivity index (χ1n) is 42.1. The van der Waals surface area contributed by atoms with Crippen molar-refractivity contribution in [2.75, 3.05) is 107 Å². The third-order valence-corrected chi connectivity index (χ3v) is 23.2. The van der Waals surface area contributed by atoms with Crippen molar-refractivity contribution in [1.29, 1.82) is 0 Å². The highest BCUT2D eigenvalue weighted by atomic mass is 19.1. The highest BCUT2D eigenvalue weighted by Crippen LogP contribution is 2.33. The molecule has 0 spiro atoms. The Morgan fingerprint density at radius 2 is 1.34 bits per heavy atom. The van der Waals surface area contributed by atoms with E-state index in [2.05, 4.69) is 47.9 Å². The molecule has 121 heavy (non-hydrogen) atoms. The molecule has 10 atom stereocenters. The zero-order chi connectivity index (χ0) is 86.5. The van der Waals surface area contributed by atoms with Gasteiger partial charge < -0.3 is 101 Å². The Balaban J connectivity index is 1.02. The van der Waals surface area contributed by atoms with Gasteiger partial charge in [0.15, 0.2) is 6.17 Å². The van der Waals surface area contributed by atoms with Crippen molar-refractivity contribution in [3.8, 4) is 5.75 Å². The van der Waals surface area contributed by atoms with Crippen LogP contribution in [0.25, 0.3) is 10.9 Å². The van der Waals surface area contributed by atoms with Gasteiger partial charge in [-0.1, -0.05) is 73.5 Å². The minimum absolute atomic E-state index is 0.111. The Morgan fingerprint density at radius 1 is 0.628 bits per heavy atom. The van der Waals surface area contributed by atoms with E-state index >= 15 is 38.0 Å². The van der Waals surface area contributed by atoms with E-state index in [1.165, 1.54) is 31.1 Å². The number of carbonyl (C=O) groups is 13. The summed E-state index contributed by atoms with van der Waals surface area (Å²) in [5.41, 5.74) is 2.52. The number of carbonyl (C=O) groups excluding carboxylic acids is 13. The van der Waals surface area contributed by atoms with Gasteiger partial charge >= 0.3 is 0 Å². The van der Waals surface area contributed by atoms with E-state index in [1.54, 1.807) is 72.6 Å². The second-order valence-electron chi connectivity index (χ2n) is 33.4. The topological polar surface area (TPSA) is 405 Å². The van der Waals surface area contributed by atoms with Crippen LogP contribution in [0.15, 0.2) is 97.2 Å². The predicted octanol–water partition coefficient (Wildman–Crippen LogP) is 1.37. The first-order valence-corrected chi connectivity index (χ1v) is 42.1. The molecule has 8 heterocycles. The first kappa shape index (κ1) is 90.8. The second kappa shape index (κ2) is 42.5. The van der Waals surface area contributed by atoms with E-state index in [9.17, 15) is 33.9 Å². The van der Waals surface area contributed by atoms with Crippen molar-refractivity contribution >= 4 is 87.7 Å². The van der Waals surface area contributed by atoms with E-state index in [0.29, 0.717) is 95.1 Å². The number of nitrogens with zero attached hydrogens (tertiary/aromatic N) is 6. The third kappa shape index (κ3) is 24.9. The average Bonchev–Trinajstić information content (AvgIpc) is 1.63. The van der Waals surface area contributed by atoms with Gasteiger partial charge in [0.2, 0.25) is 70.9 Å². The number of nitrogens with one attached hydrogen (secondary N) is 9. The number of methoxy groups -OCH3 is 1. The number of aryl methyl sites for hydroxylation is 1. The van der Waals surface area contributed by atoms with Crippen LogP contribution in [0, 0.1) is 5.82 Å². The van der Waals surface area contributed by atoms with Gasteiger partial charge in [-0.25, -0.2) is 4.39 Å². The number of aliphatic hydroxyl groups excluding tert-OH is 1. The largest absolute Gasteiger partial charge is 0.497 e. The van der Waals surface area contributed by atoms with E-state index in [4.69, 9.17) is 18.9 Å². The number of ether oxygens (including phenoxy) is 4. The molecule has 12 rings (SSSR count). The number of hydrogen-bond acceptors (Lipinski definition) is 18. The lowest BCUT2D eigenvalue weighted by Gasteiger charge is -2.37. The maximum absolute atomic E-state index is 16.4. The molecule has 13 amide bonds. The molecule has 4 aromatic carbocycles. The lowest BCUT2D eigenvalue weighted by atomic mass is 9.95. The maximum Gasteiger partial charge on any atom is 0.264 e.